The lowest BCUT2D eigenvalue weighted by Gasteiger charge is -2.37. The minimum absolute atomic E-state index is 0.220. The normalized spacial score (nSPS) is 20.6. The Morgan fingerprint density at radius 3 is 2.05 bits per heavy atom. The molecule has 4 atom stereocenters. The first kappa shape index (κ1) is 27.6. The monoisotopic (exact) mass is 604 g/mol. The van der Waals surface area contributed by atoms with E-state index in [-0.39, 0.29) is 12.7 Å². The quantitative estimate of drug-likeness (QED) is 0.0860. The largest absolute Gasteiger partial charge is 0.497 e. The van der Waals surface area contributed by atoms with Crippen LogP contribution in [-0.2, 0) is 24.1 Å². The third-order valence-corrected chi connectivity index (χ3v) is 8.16. The Balaban J connectivity index is 1.69. The zero-order chi connectivity index (χ0) is 27.7. The van der Waals surface area contributed by atoms with Crippen molar-refractivity contribution in [3.8, 4) is 11.5 Å². The predicted molar refractivity (Wildman–Crippen MR) is 155 cm³/mol. The van der Waals surface area contributed by atoms with Gasteiger partial charge in [0.1, 0.15) is 23.2 Å². The van der Waals surface area contributed by atoms with Crippen LogP contribution in [-0.4, -0.2) is 58.2 Å². The van der Waals surface area contributed by atoms with Gasteiger partial charge in [-0.05, 0) is 47.4 Å². The van der Waals surface area contributed by atoms with E-state index in [1.165, 1.54) is 0 Å². The summed E-state index contributed by atoms with van der Waals surface area (Å²) in [5, 5.41) is 0.881. The number of rotatable bonds is 14. The molecule has 0 amide bonds. The number of alkyl halides is 1. The second-order valence-corrected chi connectivity index (χ2v) is 11.0. The van der Waals surface area contributed by atoms with Crippen molar-refractivity contribution >= 4 is 24.3 Å². The Hall–Kier alpha value is -1.99. The highest BCUT2D eigenvalue weighted by Crippen LogP contribution is 2.43. The number of benzene rings is 3. The molecule has 38 heavy (non-hydrogen) atoms. The second-order valence-electron chi connectivity index (χ2n) is 8.85. The standard InChI is InChI=1S/C30H36BrO6P/c1-32-26-14-10-24(11-15-26)30(23-8-5-4-6-9-23,25-12-16-27(33-2)17-13-25)35-22-29-28(18-21-34-29)37-38(3)36-20-7-19-31/h4-6,8-17,28-29H,7,18-22H2,1-3H3/t28-,29-,38?/m1/s1/i21T/t21-,28+,29+,38?/m0. The van der Waals surface area contributed by atoms with Gasteiger partial charge in [0, 0.05) is 25.0 Å². The van der Waals surface area contributed by atoms with Crippen molar-refractivity contribution in [3.63, 3.8) is 0 Å². The highest BCUT2D eigenvalue weighted by Gasteiger charge is 2.40. The number of halogens is 1. The Morgan fingerprint density at radius 2 is 1.50 bits per heavy atom. The predicted octanol–water partition coefficient (Wildman–Crippen LogP) is 6.93. The van der Waals surface area contributed by atoms with Gasteiger partial charge < -0.3 is 28.0 Å². The van der Waals surface area contributed by atoms with Crippen LogP contribution >= 0.6 is 24.3 Å². The number of hydrogen-bond donors (Lipinski definition) is 0. The molecule has 204 valence electrons. The van der Waals surface area contributed by atoms with Crippen molar-refractivity contribution in [3.05, 3.63) is 95.6 Å². The lowest BCUT2D eigenvalue weighted by molar-refractivity contribution is -0.0658. The molecular formula is C30H36BrO6P. The van der Waals surface area contributed by atoms with Crippen molar-refractivity contribution in [2.75, 3.05) is 46.0 Å². The van der Waals surface area contributed by atoms with E-state index >= 15 is 0 Å². The minimum Gasteiger partial charge on any atom is -0.497 e. The molecule has 0 N–H and O–H groups in total. The van der Waals surface area contributed by atoms with Crippen LogP contribution in [0.25, 0.3) is 0 Å². The molecule has 1 aliphatic rings. The molecule has 0 saturated carbocycles. The maximum atomic E-state index is 8.30. The van der Waals surface area contributed by atoms with Crippen molar-refractivity contribution < 1.29 is 29.4 Å². The summed E-state index contributed by atoms with van der Waals surface area (Å²) in [6.45, 7) is 2.11. The zero-order valence-electron chi connectivity index (χ0n) is 23.0. The lowest BCUT2D eigenvalue weighted by Crippen LogP contribution is -2.38. The van der Waals surface area contributed by atoms with Crippen LogP contribution in [0.2, 0.25) is 0 Å². The van der Waals surface area contributed by atoms with Crippen LogP contribution < -0.4 is 9.47 Å². The fourth-order valence-electron chi connectivity index (χ4n) is 4.52. The topological polar surface area (TPSA) is 55.4 Å². The van der Waals surface area contributed by atoms with E-state index in [0.29, 0.717) is 13.0 Å². The summed E-state index contributed by atoms with van der Waals surface area (Å²) in [6, 6.07) is 26.0. The van der Waals surface area contributed by atoms with Gasteiger partial charge >= 0.3 is 0 Å². The summed E-state index contributed by atoms with van der Waals surface area (Å²) in [5.74, 6) is 1.52. The first-order valence-electron chi connectivity index (χ1n) is 13.2. The van der Waals surface area contributed by atoms with Gasteiger partial charge in [-0.1, -0.05) is 70.5 Å². The average Bonchev–Trinajstić information content (AvgIpc) is 3.33. The van der Waals surface area contributed by atoms with Crippen molar-refractivity contribution in [1.29, 1.82) is 0 Å². The Kier molecular flexibility index (Phi) is 10.5. The molecule has 0 bridgehead atoms. The average molecular weight is 605 g/mol. The molecule has 3 aromatic rings. The summed E-state index contributed by atoms with van der Waals surface area (Å²) in [5.41, 5.74) is 1.88. The molecule has 1 heterocycles. The summed E-state index contributed by atoms with van der Waals surface area (Å²) in [6.07, 6.45) is 0.657. The van der Waals surface area contributed by atoms with Gasteiger partial charge in [-0.25, -0.2) is 0 Å². The molecule has 8 heteroatoms. The van der Waals surface area contributed by atoms with Gasteiger partial charge in [-0.2, -0.15) is 0 Å². The Morgan fingerprint density at radius 1 is 0.921 bits per heavy atom. The first-order valence-corrected chi connectivity index (χ1v) is 15.4. The molecule has 4 rings (SSSR count). The second kappa shape index (κ2) is 14.4. The van der Waals surface area contributed by atoms with E-state index in [1.54, 1.807) is 14.2 Å². The van der Waals surface area contributed by atoms with Gasteiger partial charge in [-0.3, -0.25) is 0 Å². The fraction of sp³-hybridized carbons (Fsp3) is 0.400. The molecule has 6 nitrogen and oxygen atoms in total. The van der Waals surface area contributed by atoms with Crippen molar-refractivity contribution in [2.45, 2.75) is 30.7 Å². The highest BCUT2D eigenvalue weighted by atomic mass is 79.9. The maximum absolute atomic E-state index is 8.30. The molecule has 3 aromatic carbocycles. The first-order chi connectivity index (χ1) is 19.0. The molecule has 1 saturated heterocycles. The number of ether oxygens (including phenoxy) is 4. The molecular weight excluding hydrogens is 567 g/mol. The summed E-state index contributed by atoms with van der Waals surface area (Å²) in [7, 11) is 2.21. The van der Waals surface area contributed by atoms with Crippen molar-refractivity contribution in [2.24, 2.45) is 0 Å². The Labute approximate surface area is 237 Å². The van der Waals surface area contributed by atoms with Gasteiger partial charge in [0.15, 0.2) is 8.38 Å². The zero-order valence-corrected chi connectivity index (χ0v) is 24.5. The smallest absolute Gasteiger partial charge is 0.167 e. The maximum Gasteiger partial charge on any atom is 0.167 e. The molecule has 1 fully saturated rings. The van der Waals surface area contributed by atoms with Gasteiger partial charge in [0.2, 0.25) is 0 Å². The van der Waals surface area contributed by atoms with E-state index in [4.69, 9.17) is 29.4 Å². The molecule has 0 aromatic heterocycles. The van der Waals surface area contributed by atoms with E-state index in [1.807, 2.05) is 73.4 Å². The molecule has 0 spiro atoms. The lowest BCUT2D eigenvalue weighted by atomic mass is 9.80. The number of methoxy groups -OCH3 is 2. The van der Waals surface area contributed by atoms with Crippen LogP contribution in [0.1, 0.15) is 30.9 Å². The van der Waals surface area contributed by atoms with Gasteiger partial charge in [0.25, 0.3) is 0 Å². The van der Waals surface area contributed by atoms with Crippen LogP contribution in [0.4, 0.5) is 0 Å². The fourth-order valence-corrected chi connectivity index (χ4v) is 5.80. The van der Waals surface area contributed by atoms with E-state index in [2.05, 4.69) is 28.1 Å². The van der Waals surface area contributed by atoms with Gasteiger partial charge in [-0.15, -0.1) is 0 Å². The van der Waals surface area contributed by atoms with Crippen molar-refractivity contribution in [1.82, 2.24) is 0 Å². The molecule has 0 aliphatic carbocycles. The van der Waals surface area contributed by atoms with Crippen LogP contribution in [0.3, 0.4) is 0 Å². The summed E-state index contributed by atoms with van der Waals surface area (Å²) >= 11 is 3.43. The summed E-state index contributed by atoms with van der Waals surface area (Å²) in [4.78, 5) is 0. The molecule has 1 unspecified atom stereocenters. The van der Waals surface area contributed by atoms with Gasteiger partial charge in [0.05, 0.1) is 34.9 Å². The highest BCUT2D eigenvalue weighted by molar-refractivity contribution is 9.09. The van der Waals surface area contributed by atoms with E-state index in [0.717, 1.165) is 39.9 Å². The van der Waals surface area contributed by atoms with E-state index < -0.39 is 26.7 Å². The minimum atomic E-state index is -1.10. The third-order valence-electron chi connectivity index (χ3n) is 6.49. The molecule has 0 radical (unpaired) electrons. The summed E-state index contributed by atoms with van der Waals surface area (Å²) < 4.78 is 44.2. The van der Waals surface area contributed by atoms with Crippen LogP contribution in [0.5, 0.6) is 11.5 Å². The Bertz CT molecular complexity index is 1090. The SMILES string of the molecule is [3H][C@H]1C[C@@H](OP(C)OCCCBr)[C@@H](COC(c2ccccc2)(c2ccc(OC)cc2)c2ccc(OC)cc2)O1. The van der Waals surface area contributed by atoms with Crippen LogP contribution in [0, 0.1) is 0 Å². The third kappa shape index (κ3) is 6.95. The van der Waals surface area contributed by atoms with E-state index in [9.17, 15) is 0 Å². The van der Waals surface area contributed by atoms with Crippen LogP contribution in [0.15, 0.2) is 78.9 Å². The number of hydrogen-bond acceptors (Lipinski definition) is 6. The molecule has 1 aliphatic heterocycles.